The Kier molecular flexibility index (Phi) is 4.91. The van der Waals surface area contributed by atoms with Crippen molar-refractivity contribution in [2.45, 2.75) is 19.9 Å². The van der Waals surface area contributed by atoms with Gasteiger partial charge in [-0.05, 0) is 67.4 Å². The zero-order valence-corrected chi connectivity index (χ0v) is 16.5. The van der Waals surface area contributed by atoms with Gasteiger partial charge in [0.2, 0.25) is 0 Å². The molecule has 4 rings (SSSR count). The summed E-state index contributed by atoms with van der Waals surface area (Å²) in [5, 5.41) is 11.2. The Bertz CT molecular complexity index is 1170. The van der Waals surface area contributed by atoms with E-state index in [0.717, 1.165) is 11.1 Å². The number of benzene rings is 2. The van der Waals surface area contributed by atoms with Crippen LogP contribution in [0.1, 0.15) is 28.3 Å². The summed E-state index contributed by atoms with van der Waals surface area (Å²) in [6.45, 7) is 3.71. The molecular weight excluding hydrogens is 383 g/mol. The monoisotopic (exact) mass is 402 g/mol. The summed E-state index contributed by atoms with van der Waals surface area (Å²) in [5.74, 6) is -2.26. The average molecular weight is 402 g/mol. The van der Waals surface area contributed by atoms with E-state index in [2.05, 4.69) is 4.98 Å². The van der Waals surface area contributed by atoms with Gasteiger partial charge in [-0.2, -0.15) is 0 Å². The fraction of sp³-hybridized carbons (Fsp3) is 0.125. The summed E-state index contributed by atoms with van der Waals surface area (Å²) in [6, 6.07) is 13.4. The van der Waals surface area contributed by atoms with Crippen LogP contribution in [0, 0.1) is 19.7 Å². The Morgan fingerprint density at radius 2 is 1.67 bits per heavy atom. The third kappa shape index (κ3) is 3.26. The second kappa shape index (κ2) is 7.55. The normalized spacial score (nSPS) is 18.1. The highest BCUT2D eigenvalue weighted by atomic mass is 19.1. The first-order chi connectivity index (χ1) is 14.4. The number of Topliss-reactive ketones (excluding diaryl/α,β-unsaturated/α-hetero) is 1. The maximum Gasteiger partial charge on any atom is 0.300 e. The van der Waals surface area contributed by atoms with Crippen molar-refractivity contribution in [1.29, 1.82) is 0 Å². The van der Waals surface area contributed by atoms with Crippen molar-refractivity contribution in [3.63, 3.8) is 0 Å². The van der Waals surface area contributed by atoms with E-state index in [1.165, 1.54) is 29.2 Å². The van der Waals surface area contributed by atoms with Crippen molar-refractivity contribution < 1.29 is 19.1 Å². The van der Waals surface area contributed by atoms with Crippen LogP contribution in [-0.4, -0.2) is 21.8 Å². The zero-order valence-electron chi connectivity index (χ0n) is 16.5. The van der Waals surface area contributed by atoms with Gasteiger partial charge in [-0.1, -0.05) is 17.7 Å². The molecule has 1 atom stereocenters. The Labute approximate surface area is 173 Å². The fourth-order valence-corrected chi connectivity index (χ4v) is 3.70. The summed E-state index contributed by atoms with van der Waals surface area (Å²) in [7, 11) is 0. The van der Waals surface area contributed by atoms with Gasteiger partial charge in [0, 0.05) is 23.6 Å². The number of carbonyl (C=O) groups is 2. The summed E-state index contributed by atoms with van der Waals surface area (Å²) in [6.07, 6.45) is 3.11. The maximum atomic E-state index is 13.4. The molecule has 1 fully saturated rings. The molecule has 1 aliphatic rings. The van der Waals surface area contributed by atoms with Crippen LogP contribution in [0.15, 0.2) is 72.6 Å². The second-order valence-electron chi connectivity index (χ2n) is 7.24. The molecule has 2 aromatic carbocycles. The molecule has 0 radical (unpaired) electrons. The van der Waals surface area contributed by atoms with Gasteiger partial charge in [-0.15, -0.1) is 0 Å². The van der Waals surface area contributed by atoms with Crippen LogP contribution in [0.3, 0.4) is 0 Å². The Hall–Kier alpha value is -3.80. The number of nitrogens with zero attached hydrogens (tertiary/aromatic N) is 2. The van der Waals surface area contributed by atoms with Gasteiger partial charge in [0.1, 0.15) is 11.6 Å². The lowest BCUT2D eigenvalue weighted by molar-refractivity contribution is -0.132. The molecular formula is C24H19FN2O3. The number of aromatic nitrogens is 1. The Morgan fingerprint density at radius 3 is 2.33 bits per heavy atom. The number of pyridine rings is 1. The molecule has 1 unspecified atom stereocenters. The minimum atomic E-state index is -0.863. The number of ketones is 1. The first kappa shape index (κ1) is 19.5. The van der Waals surface area contributed by atoms with Crippen molar-refractivity contribution in [1.82, 2.24) is 4.98 Å². The number of hydrogen-bond donors (Lipinski definition) is 1. The largest absolute Gasteiger partial charge is 0.507 e. The molecule has 6 heteroatoms. The number of halogens is 1. The highest BCUT2D eigenvalue weighted by molar-refractivity contribution is 6.51. The van der Waals surface area contributed by atoms with Crippen molar-refractivity contribution in [3.8, 4) is 0 Å². The quantitative estimate of drug-likeness (QED) is 0.399. The van der Waals surface area contributed by atoms with Gasteiger partial charge in [0.05, 0.1) is 11.6 Å². The molecule has 1 amide bonds. The number of aryl methyl sites for hydroxylation is 2. The lowest BCUT2D eigenvalue weighted by atomic mass is 9.93. The fourth-order valence-electron chi connectivity index (χ4n) is 3.70. The standard InChI is InChI=1S/C24H19FN2O3/c1-14-3-4-15(2)19(13-14)22(28)20-21(16-9-11-26-12-10-16)27(24(30)23(20)29)18-7-5-17(25)6-8-18/h3-13,21,28H,1-2H3/b22-20+. The number of carbonyl (C=O) groups excluding carboxylic acids is 2. The molecule has 0 spiro atoms. The first-order valence-corrected chi connectivity index (χ1v) is 9.42. The van der Waals surface area contributed by atoms with Crippen LogP contribution in [0.2, 0.25) is 0 Å². The number of rotatable bonds is 3. The molecule has 0 saturated carbocycles. The molecule has 3 aromatic rings. The van der Waals surface area contributed by atoms with Crippen molar-refractivity contribution in [3.05, 3.63) is 101 Å². The van der Waals surface area contributed by atoms with Crippen LogP contribution in [0.25, 0.3) is 5.76 Å². The summed E-state index contributed by atoms with van der Waals surface area (Å²) < 4.78 is 13.4. The van der Waals surface area contributed by atoms with E-state index in [4.69, 9.17) is 0 Å². The van der Waals surface area contributed by atoms with Crippen molar-refractivity contribution in [2.24, 2.45) is 0 Å². The molecule has 1 saturated heterocycles. The van der Waals surface area contributed by atoms with Crippen LogP contribution < -0.4 is 4.90 Å². The molecule has 0 bridgehead atoms. The predicted molar refractivity (Wildman–Crippen MR) is 111 cm³/mol. The minimum Gasteiger partial charge on any atom is -0.507 e. The topological polar surface area (TPSA) is 70.5 Å². The number of hydrogen-bond acceptors (Lipinski definition) is 4. The van der Waals surface area contributed by atoms with E-state index >= 15 is 0 Å². The van der Waals surface area contributed by atoms with E-state index in [1.807, 2.05) is 26.0 Å². The summed E-state index contributed by atoms with van der Waals surface area (Å²) in [4.78, 5) is 31.3. The van der Waals surface area contributed by atoms with Gasteiger partial charge in [0.15, 0.2) is 0 Å². The highest BCUT2D eigenvalue weighted by Gasteiger charge is 2.47. The molecule has 5 nitrogen and oxygen atoms in total. The molecule has 0 aliphatic carbocycles. The SMILES string of the molecule is Cc1ccc(C)c(/C(O)=C2\C(=O)C(=O)N(c3ccc(F)cc3)C2c2ccncc2)c1. The number of aliphatic hydroxyl groups excluding tert-OH is 1. The van der Waals surface area contributed by atoms with E-state index in [1.54, 1.807) is 30.6 Å². The van der Waals surface area contributed by atoms with Crippen molar-refractivity contribution in [2.75, 3.05) is 4.90 Å². The Balaban J connectivity index is 1.97. The predicted octanol–water partition coefficient (Wildman–Crippen LogP) is 4.46. The van der Waals surface area contributed by atoms with Gasteiger partial charge in [-0.3, -0.25) is 19.5 Å². The third-order valence-corrected chi connectivity index (χ3v) is 5.22. The highest BCUT2D eigenvalue weighted by Crippen LogP contribution is 2.42. The van der Waals surface area contributed by atoms with Crippen LogP contribution in [0.5, 0.6) is 0 Å². The number of anilines is 1. The molecule has 1 aromatic heterocycles. The molecule has 1 aliphatic heterocycles. The molecule has 150 valence electrons. The number of amides is 1. The van der Waals surface area contributed by atoms with Crippen molar-refractivity contribution >= 4 is 23.1 Å². The van der Waals surface area contributed by atoms with E-state index < -0.39 is 23.5 Å². The van der Waals surface area contributed by atoms with E-state index in [-0.39, 0.29) is 11.3 Å². The molecule has 2 heterocycles. The van der Waals surface area contributed by atoms with Crippen LogP contribution in [-0.2, 0) is 9.59 Å². The smallest absolute Gasteiger partial charge is 0.300 e. The van der Waals surface area contributed by atoms with Gasteiger partial charge < -0.3 is 5.11 Å². The van der Waals surface area contributed by atoms with Crippen LogP contribution in [0.4, 0.5) is 10.1 Å². The van der Waals surface area contributed by atoms with Crippen LogP contribution >= 0.6 is 0 Å². The van der Waals surface area contributed by atoms with Gasteiger partial charge in [0.25, 0.3) is 11.7 Å². The molecule has 1 N–H and O–H groups in total. The lowest BCUT2D eigenvalue weighted by Gasteiger charge is -2.25. The minimum absolute atomic E-state index is 0.00998. The second-order valence-corrected chi connectivity index (χ2v) is 7.24. The first-order valence-electron chi connectivity index (χ1n) is 9.42. The third-order valence-electron chi connectivity index (χ3n) is 5.22. The Morgan fingerprint density at radius 1 is 1.00 bits per heavy atom. The maximum absolute atomic E-state index is 13.4. The van der Waals surface area contributed by atoms with Gasteiger partial charge >= 0.3 is 0 Å². The number of aliphatic hydroxyl groups is 1. The molecule has 30 heavy (non-hydrogen) atoms. The lowest BCUT2D eigenvalue weighted by Crippen LogP contribution is -2.29. The summed E-state index contributed by atoms with van der Waals surface area (Å²) in [5.41, 5.74) is 3.14. The van der Waals surface area contributed by atoms with E-state index in [9.17, 15) is 19.1 Å². The van der Waals surface area contributed by atoms with Gasteiger partial charge in [-0.25, -0.2) is 4.39 Å². The summed E-state index contributed by atoms with van der Waals surface area (Å²) >= 11 is 0. The van der Waals surface area contributed by atoms with E-state index in [0.29, 0.717) is 16.8 Å². The average Bonchev–Trinajstić information content (AvgIpc) is 3.01. The zero-order chi connectivity index (χ0) is 21.4.